The van der Waals surface area contributed by atoms with Gasteiger partial charge >= 0.3 is 0 Å². The Morgan fingerprint density at radius 3 is 2.52 bits per heavy atom. The molecule has 0 aromatic heterocycles. The third-order valence-corrected chi connectivity index (χ3v) is 4.74. The van der Waals surface area contributed by atoms with Crippen molar-refractivity contribution in [2.75, 3.05) is 7.05 Å². The van der Waals surface area contributed by atoms with E-state index in [9.17, 15) is 23.2 Å². The molecule has 0 spiro atoms. The van der Waals surface area contributed by atoms with Gasteiger partial charge in [0.1, 0.15) is 23.7 Å². The lowest BCUT2D eigenvalue weighted by Gasteiger charge is -2.32. The lowest BCUT2D eigenvalue weighted by atomic mass is 9.95. The summed E-state index contributed by atoms with van der Waals surface area (Å²) in [5, 5.41) is 5.16. The minimum absolute atomic E-state index is 0.158. The van der Waals surface area contributed by atoms with Crippen molar-refractivity contribution < 1.29 is 23.2 Å². The Balaban J connectivity index is 1.64. The highest BCUT2D eigenvalue weighted by atomic mass is 19.1. The fourth-order valence-corrected chi connectivity index (χ4v) is 3.31. The molecule has 29 heavy (non-hydrogen) atoms. The van der Waals surface area contributed by atoms with E-state index >= 15 is 0 Å². The van der Waals surface area contributed by atoms with Crippen molar-refractivity contribution in [2.24, 2.45) is 0 Å². The molecule has 1 heterocycles. The first kappa shape index (κ1) is 20.4. The van der Waals surface area contributed by atoms with Gasteiger partial charge in [-0.15, -0.1) is 0 Å². The van der Waals surface area contributed by atoms with Gasteiger partial charge in [0.05, 0.1) is 6.42 Å². The van der Waals surface area contributed by atoms with Gasteiger partial charge in [-0.05, 0) is 35.7 Å². The molecule has 152 valence electrons. The number of hydrogen-bond acceptors (Lipinski definition) is 3. The van der Waals surface area contributed by atoms with Gasteiger partial charge in [0.15, 0.2) is 0 Å². The van der Waals surface area contributed by atoms with Crippen LogP contribution in [0.2, 0.25) is 0 Å². The predicted octanol–water partition coefficient (Wildman–Crippen LogP) is 1.84. The smallest absolute Gasteiger partial charge is 0.249 e. The van der Waals surface area contributed by atoms with Crippen LogP contribution in [0.3, 0.4) is 0 Å². The zero-order chi connectivity index (χ0) is 21.1. The van der Waals surface area contributed by atoms with Crippen LogP contribution in [0.15, 0.2) is 42.5 Å². The molecule has 0 radical (unpaired) electrons. The molecule has 3 amide bonds. The number of fused-ring (bicyclic) bond motifs is 1. The number of rotatable bonds is 5. The van der Waals surface area contributed by atoms with Crippen LogP contribution < -0.4 is 10.6 Å². The van der Waals surface area contributed by atoms with Gasteiger partial charge in [-0.25, -0.2) is 8.78 Å². The van der Waals surface area contributed by atoms with Gasteiger partial charge in [-0.2, -0.15) is 0 Å². The first-order valence-electron chi connectivity index (χ1n) is 9.12. The van der Waals surface area contributed by atoms with E-state index in [2.05, 4.69) is 10.6 Å². The molecular formula is C21H21F2N3O3. The number of hydrogen-bond donors (Lipinski definition) is 2. The molecule has 6 nitrogen and oxygen atoms in total. The lowest BCUT2D eigenvalue weighted by Crippen LogP contribution is -2.50. The minimum atomic E-state index is -0.937. The molecule has 2 N–H and O–H groups in total. The average molecular weight is 401 g/mol. The molecule has 8 heteroatoms. The van der Waals surface area contributed by atoms with Crippen molar-refractivity contribution in [1.82, 2.24) is 15.5 Å². The van der Waals surface area contributed by atoms with Gasteiger partial charge in [0.2, 0.25) is 17.7 Å². The summed E-state index contributed by atoms with van der Waals surface area (Å²) in [4.78, 5) is 38.7. The van der Waals surface area contributed by atoms with Gasteiger partial charge in [0, 0.05) is 19.7 Å². The Morgan fingerprint density at radius 2 is 1.83 bits per heavy atom. The van der Waals surface area contributed by atoms with Crippen LogP contribution in [-0.4, -0.2) is 35.7 Å². The van der Waals surface area contributed by atoms with Gasteiger partial charge in [-0.3, -0.25) is 14.4 Å². The molecule has 0 saturated carbocycles. The second-order valence-corrected chi connectivity index (χ2v) is 7.08. The van der Waals surface area contributed by atoms with Crippen LogP contribution in [0.4, 0.5) is 8.78 Å². The summed E-state index contributed by atoms with van der Waals surface area (Å²) in [7, 11) is 1.65. The zero-order valence-corrected chi connectivity index (χ0v) is 16.0. The molecule has 2 aromatic carbocycles. The molecule has 0 aliphatic carbocycles. The van der Waals surface area contributed by atoms with Gasteiger partial charge in [0.25, 0.3) is 0 Å². The van der Waals surface area contributed by atoms with Crippen LogP contribution in [0.1, 0.15) is 29.7 Å². The van der Waals surface area contributed by atoms with Crippen molar-refractivity contribution in [1.29, 1.82) is 0 Å². The number of nitrogens with zero attached hydrogens (tertiary/aromatic N) is 1. The number of amides is 3. The molecule has 1 aliphatic rings. The van der Waals surface area contributed by atoms with E-state index in [0.29, 0.717) is 12.6 Å². The highest BCUT2D eigenvalue weighted by molar-refractivity contribution is 5.93. The molecule has 1 aliphatic heterocycles. The molecule has 2 aromatic rings. The Bertz CT molecular complexity index is 944. The van der Waals surface area contributed by atoms with E-state index in [-0.39, 0.29) is 17.9 Å². The van der Waals surface area contributed by atoms with E-state index in [1.165, 1.54) is 11.8 Å². The molecule has 1 unspecified atom stereocenters. The number of halogens is 2. The van der Waals surface area contributed by atoms with Crippen molar-refractivity contribution in [2.45, 2.75) is 32.0 Å². The van der Waals surface area contributed by atoms with E-state index in [0.717, 1.165) is 23.3 Å². The van der Waals surface area contributed by atoms with E-state index in [4.69, 9.17) is 0 Å². The van der Waals surface area contributed by atoms with Crippen LogP contribution >= 0.6 is 0 Å². The number of benzene rings is 2. The molecule has 3 rings (SSSR count). The second kappa shape index (κ2) is 8.38. The third-order valence-electron chi connectivity index (χ3n) is 4.74. The minimum Gasteiger partial charge on any atom is -0.344 e. The quantitative estimate of drug-likeness (QED) is 0.803. The number of nitrogens with one attached hydrogen (secondary N) is 2. The van der Waals surface area contributed by atoms with E-state index < -0.39 is 35.5 Å². The standard InChI is InChI=1S/C21H21F2N3O3/c1-12(24-18(27)9-13-7-15(22)10-16(23)8-13)20(28)25-19-17-6-4-3-5-14(17)11-26(2)21(19)29/h3-8,10,12,19H,9,11H2,1-2H3,(H,24,27)(H,25,28)/t12-,19?/m0/s1. The third kappa shape index (κ3) is 4.77. The molecule has 2 atom stereocenters. The summed E-state index contributed by atoms with van der Waals surface area (Å²) in [6.07, 6.45) is -0.278. The summed E-state index contributed by atoms with van der Waals surface area (Å²) >= 11 is 0. The molecular weight excluding hydrogens is 380 g/mol. The van der Waals surface area contributed by atoms with Crippen molar-refractivity contribution in [3.63, 3.8) is 0 Å². The van der Waals surface area contributed by atoms with Crippen molar-refractivity contribution in [3.05, 3.63) is 70.8 Å². The summed E-state index contributed by atoms with van der Waals surface area (Å²) in [6, 6.07) is 8.38. The van der Waals surface area contributed by atoms with Crippen molar-refractivity contribution in [3.8, 4) is 0 Å². The molecule has 0 bridgehead atoms. The Labute approximate surface area is 166 Å². The fourth-order valence-electron chi connectivity index (χ4n) is 3.31. The van der Waals surface area contributed by atoms with Crippen LogP contribution in [-0.2, 0) is 27.3 Å². The predicted molar refractivity (Wildman–Crippen MR) is 101 cm³/mol. The Morgan fingerprint density at radius 1 is 1.17 bits per heavy atom. The Kier molecular flexibility index (Phi) is 5.91. The number of likely N-dealkylation sites (N-methyl/N-ethyl adjacent to an activating group) is 1. The van der Waals surface area contributed by atoms with E-state index in [1.807, 2.05) is 12.1 Å². The van der Waals surface area contributed by atoms with Crippen molar-refractivity contribution >= 4 is 17.7 Å². The maximum absolute atomic E-state index is 13.2. The SMILES string of the molecule is C[C@H](NC(=O)Cc1cc(F)cc(F)c1)C(=O)NC1C(=O)N(C)Cc2ccccc21. The van der Waals surface area contributed by atoms with E-state index in [1.54, 1.807) is 19.2 Å². The maximum atomic E-state index is 13.2. The normalized spacial score (nSPS) is 16.8. The zero-order valence-electron chi connectivity index (χ0n) is 16.0. The summed E-state index contributed by atoms with van der Waals surface area (Å²) in [5.74, 6) is -2.91. The highest BCUT2D eigenvalue weighted by Gasteiger charge is 2.33. The van der Waals surface area contributed by atoms with Gasteiger partial charge in [-0.1, -0.05) is 24.3 Å². The first-order valence-corrected chi connectivity index (χ1v) is 9.12. The monoisotopic (exact) mass is 401 g/mol. The van der Waals surface area contributed by atoms with Crippen LogP contribution in [0.5, 0.6) is 0 Å². The second-order valence-electron chi connectivity index (χ2n) is 7.08. The lowest BCUT2D eigenvalue weighted by molar-refractivity contribution is -0.137. The molecule has 0 fully saturated rings. The fraction of sp³-hybridized carbons (Fsp3) is 0.286. The van der Waals surface area contributed by atoms with Crippen LogP contribution in [0, 0.1) is 11.6 Å². The first-order chi connectivity index (χ1) is 13.7. The average Bonchev–Trinajstić information content (AvgIpc) is 2.64. The summed E-state index contributed by atoms with van der Waals surface area (Å²) < 4.78 is 26.5. The van der Waals surface area contributed by atoms with Gasteiger partial charge < -0.3 is 15.5 Å². The topological polar surface area (TPSA) is 78.5 Å². The molecule has 0 saturated heterocycles. The summed E-state index contributed by atoms with van der Waals surface area (Å²) in [6.45, 7) is 1.93. The number of carbonyl (C=O) groups is 3. The number of carbonyl (C=O) groups excluding carboxylic acids is 3. The largest absolute Gasteiger partial charge is 0.344 e. The summed E-state index contributed by atoms with van der Waals surface area (Å²) in [5.41, 5.74) is 1.81. The Hall–Kier alpha value is -3.29. The maximum Gasteiger partial charge on any atom is 0.249 e. The van der Waals surface area contributed by atoms with Crippen LogP contribution in [0.25, 0.3) is 0 Å². The highest BCUT2D eigenvalue weighted by Crippen LogP contribution is 2.26.